The summed E-state index contributed by atoms with van der Waals surface area (Å²) in [4.78, 5) is 24.0. The van der Waals surface area contributed by atoms with E-state index in [-0.39, 0.29) is 24.7 Å². The van der Waals surface area contributed by atoms with Gasteiger partial charge >= 0.3 is 0 Å². The van der Waals surface area contributed by atoms with Gasteiger partial charge in [0.25, 0.3) is 0 Å². The number of halogens is 1. The first-order valence-corrected chi connectivity index (χ1v) is 10.0. The molecule has 2 rings (SSSR count). The van der Waals surface area contributed by atoms with Gasteiger partial charge in [0.05, 0.1) is 31.5 Å². The van der Waals surface area contributed by atoms with E-state index in [1.165, 1.54) is 13.3 Å². The normalized spacial score (nSPS) is 10.5. The Labute approximate surface area is 183 Å². The van der Waals surface area contributed by atoms with Gasteiger partial charge in [0, 0.05) is 30.2 Å². The van der Waals surface area contributed by atoms with E-state index in [1.54, 1.807) is 43.5 Å². The lowest BCUT2D eigenvalue weighted by molar-refractivity contribution is -0.124. The summed E-state index contributed by atoms with van der Waals surface area (Å²) >= 11 is 3.39. The zero-order chi connectivity index (χ0) is 21.9. The molecule has 0 saturated carbocycles. The summed E-state index contributed by atoms with van der Waals surface area (Å²) < 4.78 is 16.6. The first kappa shape index (κ1) is 23.2. The van der Waals surface area contributed by atoms with Crippen molar-refractivity contribution in [3.8, 4) is 17.2 Å². The van der Waals surface area contributed by atoms with Crippen LogP contribution in [0.4, 0.5) is 5.69 Å². The van der Waals surface area contributed by atoms with Gasteiger partial charge < -0.3 is 19.5 Å². The second-order valence-corrected chi connectivity index (χ2v) is 6.88. The fourth-order valence-electron chi connectivity index (χ4n) is 2.47. The molecule has 0 heterocycles. The van der Waals surface area contributed by atoms with Crippen molar-refractivity contribution in [1.29, 1.82) is 0 Å². The van der Waals surface area contributed by atoms with Crippen LogP contribution in [0.15, 0.2) is 46.0 Å². The van der Waals surface area contributed by atoms with E-state index in [1.807, 2.05) is 6.92 Å². The molecular formula is C21H24BrN3O5. The molecule has 0 atom stereocenters. The maximum absolute atomic E-state index is 12.0. The van der Waals surface area contributed by atoms with Crippen LogP contribution in [0, 0.1) is 0 Å². The molecule has 0 aliphatic rings. The summed E-state index contributed by atoms with van der Waals surface area (Å²) in [6.07, 6.45) is 1.50. The summed E-state index contributed by atoms with van der Waals surface area (Å²) in [5.74, 6) is 1.25. The predicted octanol–water partition coefficient (Wildman–Crippen LogP) is 3.73. The number of amides is 2. The molecule has 2 N–H and O–H groups in total. The van der Waals surface area contributed by atoms with Crippen LogP contribution in [-0.4, -0.2) is 38.9 Å². The minimum absolute atomic E-state index is 0.00362. The number of rotatable bonds is 10. The van der Waals surface area contributed by atoms with E-state index in [9.17, 15) is 9.59 Å². The van der Waals surface area contributed by atoms with E-state index in [4.69, 9.17) is 14.2 Å². The third kappa shape index (κ3) is 7.07. The molecule has 2 amide bonds. The standard InChI is InChI=1S/C21H24BrN3O5/c1-4-30-16-7-5-15(6-8-16)24-20(26)9-10-21(27)25-23-13-14-11-17(22)19(29-3)12-18(14)28-2/h5-8,11-13H,4,9-10H2,1-3H3,(H,24,26)(H,25,27)/b23-13+. The van der Waals surface area contributed by atoms with E-state index in [0.717, 1.165) is 10.2 Å². The zero-order valence-electron chi connectivity index (χ0n) is 17.0. The molecule has 8 nitrogen and oxygen atoms in total. The van der Waals surface area contributed by atoms with Crippen LogP contribution in [0.3, 0.4) is 0 Å². The van der Waals surface area contributed by atoms with E-state index in [0.29, 0.717) is 29.4 Å². The monoisotopic (exact) mass is 477 g/mol. The highest BCUT2D eigenvalue weighted by atomic mass is 79.9. The highest BCUT2D eigenvalue weighted by Crippen LogP contribution is 2.31. The summed E-state index contributed by atoms with van der Waals surface area (Å²) in [6.45, 7) is 2.48. The van der Waals surface area contributed by atoms with Gasteiger partial charge in [-0.3, -0.25) is 9.59 Å². The topological polar surface area (TPSA) is 98.2 Å². The molecular weight excluding hydrogens is 454 g/mol. The second-order valence-electron chi connectivity index (χ2n) is 6.03. The van der Waals surface area contributed by atoms with Gasteiger partial charge in [-0.1, -0.05) is 0 Å². The van der Waals surface area contributed by atoms with Gasteiger partial charge in [0.15, 0.2) is 0 Å². The second kappa shape index (κ2) is 11.8. The van der Waals surface area contributed by atoms with Gasteiger partial charge in [0.2, 0.25) is 11.8 Å². The summed E-state index contributed by atoms with van der Waals surface area (Å²) in [5.41, 5.74) is 3.69. The number of carbonyl (C=O) groups excluding carboxylic acids is 2. The third-order valence-corrected chi connectivity index (χ3v) is 4.54. The van der Waals surface area contributed by atoms with E-state index >= 15 is 0 Å². The van der Waals surface area contributed by atoms with Crippen LogP contribution in [-0.2, 0) is 9.59 Å². The quantitative estimate of drug-likeness (QED) is 0.401. The molecule has 2 aromatic carbocycles. The van der Waals surface area contributed by atoms with Gasteiger partial charge in [-0.05, 0) is 53.2 Å². The van der Waals surface area contributed by atoms with Gasteiger partial charge in [0.1, 0.15) is 17.2 Å². The van der Waals surface area contributed by atoms with Crippen molar-refractivity contribution in [2.24, 2.45) is 5.10 Å². The number of carbonyl (C=O) groups is 2. The number of hydrogen-bond acceptors (Lipinski definition) is 6. The average Bonchev–Trinajstić information content (AvgIpc) is 2.74. The maximum atomic E-state index is 12.0. The first-order valence-electron chi connectivity index (χ1n) is 9.23. The Kier molecular flexibility index (Phi) is 9.14. The Balaban J connectivity index is 1.82. The average molecular weight is 478 g/mol. The molecule has 160 valence electrons. The summed E-state index contributed by atoms with van der Waals surface area (Å²) in [7, 11) is 3.08. The van der Waals surface area contributed by atoms with Crippen LogP contribution < -0.4 is 25.0 Å². The van der Waals surface area contributed by atoms with Crippen LogP contribution in [0.5, 0.6) is 17.2 Å². The molecule has 0 aliphatic carbocycles. The molecule has 0 unspecified atom stereocenters. The van der Waals surface area contributed by atoms with Crippen molar-refractivity contribution in [2.75, 3.05) is 26.1 Å². The molecule has 0 radical (unpaired) electrons. The van der Waals surface area contributed by atoms with Crippen molar-refractivity contribution in [3.63, 3.8) is 0 Å². The molecule has 0 saturated heterocycles. The number of hydrazone groups is 1. The fraction of sp³-hybridized carbons (Fsp3) is 0.286. The minimum Gasteiger partial charge on any atom is -0.496 e. The predicted molar refractivity (Wildman–Crippen MR) is 118 cm³/mol. The van der Waals surface area contributed by atoms with Gasteiger partial charge in [-0.25, -0.2) is 5.43 Å². The minimum atomic E-state index is -0.375. The van der Waals surface area contributed by atoms with Crippen molar-refractivity contribution in [2.45, 2.75) is 19.8 Å². The first-order chi connectivity index (χ1) is 14.5. The number of methoxy groups -OCH3 is 2. The molecule has 0 spiro atoms. The number of benzene rings is 2. The Morgan fingerprint density at radius 3 is 2.33 bits per heavy atom. The van der Waals surface area contributed by atoms with Gasteiger partial charge in [-0.2, -0.15) is 5.10 Å². The SMILES string of the molecule is CCOc1ccc(NC(=O)CCC(=O)N/N=C/c2cc(Br)c(OC)cc2OC)cc1. The van der Waals surface area contributed by atoms with E-state index in [2.05, 4.69) is 31.8 Å². The molecule has 0 fully saturated rings. The number of hydrogen-bond donors (Lipinski definition) is 2. The van der Waals surface area contributed by atoms with Crippen LogP contribution in [0.1, 0.15) is 25.3 Å². The fourth-order valence-corrected chi connectivity index (χ4v) is 2.99. The van der Waals surface area contributed by atoms with Crippen molar-refractivity contribution < 1.29 is 23.8 Å². The Morgan fingerprint density at radius 1 is 1.03 bits per heavy atom. The van der Waals surface area contributed by atoms with Crippen LogP contribution >= 0.6 is 15.9 Å². The highest BCUT2D eigenvalue weighted by Gasteiger charge is 2.09. The molecule has 0 aliphatic heterocycles. The Bertz CT molecular complexity index is 900. The van der Waals surface area contributed by atoms with Crippen LogP contribution in [0.25, 0.3) is 0 Å². The smallest absolute Gasteiger partial charge is 0.240 e. The Hall–Kier alpha value is -3.07. The van der Waals surface area contributed by atoms with Crippen molar-refractivity contribution >= 4 is 39.6 Å². The highest BCUT2D eigenvalue weighted by molar-refractivity contribution is 9.10. The third-order valence-electron chi connectivity index (χ3n) is 3.93. The largest absolute Gasteiger partial charge is 0.496 e. The lowest BCUT2D eigenvalue weighted by atomic mass is 10.2. The summed E-state index contributed by atoms with van der Waals surface area (Å²) in [5, 5.41) is 6.66. The lowest BCUT2D eigenvalue weighted by Gasteiger charge is -2.09. The maximum Gasteiger partial charge on any atom is 0.240 e. The Morgan fingerprint density at radius 2 is 1.70 bits per heavy atom. The number of ether oxygens (including phenoxy) is 3. The summed E-state index contributed by atoms with van der Waals surface area (Å²) in [6, 6.07) is 10.5. The molecule has 0 aromatic heterocycles. The van der Waals surface area contributed by atoms with Crippen molar-refractivity contribution in [3.05, 3.63) is 46.4 Å². The molecule has 2 aromatic rings. The lowest BCUT2D eigenvalue weighted by Crippen LogP contribution is -2.20. The van der Waals surface area contributed by atoms with E-state index < -0.39 is 0 Å². The zero-order valence-corrected chi connectivity index (χ0v) is 18.6. The van der Waals surface area contributed by atoms with Crippen LogP contribution in [0.2, 0.25) is 0 Å². The number of nitrogens with zero attached hydrogens (tertiary/aromatic N) is 1. The molecule has 0 bridgehead atoms. The molecule has 9 heteroatoms. The number of anilines is 1. The number of nitrogens with one attached hydrogen (secondary N) is 2. The molecule has 30 heavy (non-hydrogen) atoms. The van der Waals surface area contributed by atoms with Gasteiger partial charge in [-0.15, -0.1) is 0 Å². The van der Waals surface area contributed by atoms with Crippen molar-refractivity contribution in [1.82, 2.24) is 5.43 Å².